The van der Waals surface area contributed by atoms with E-state index < -0.39 is 10.0 Å². The Balaban J connectivity index is 2.89. The zero-order valence-electron chi connectivity index (χ0n) is 11.1. The second-order valence-corrected chi connectivity index (χ2v) is 6.34. The second kappa shape index (κ2) is 4.83. The first-order valence-corrected chi connectivity index (χ1v) is 7.74. The van der Waals surface area contributed by atoms with E-state index in [1.54, 1.807) is 18.2 Å². The molecular formula is C14H18N2O2S. The summed E-state index contributed by atoms with van der Waals surface area (Å²) in [6.45, 7) is 4.02. The van der Waals surface area contributed by atoms with Gasteiger partial charge in [-0.3, -0.25) is 0 Å². The molecule has 0 aliphatic rings. The maximum absolute atomic E-state index is 11.7. The minimum Gasteiger partial charge on any atom is -0.399 e. The third-order valence-corrected chi connectivity index (χ3v) is 4.43. The summed E-state index contributed by atoms with van der Waals surface area (Å²) in [5.41, 5.74) is 7.20. The molecule has 0 saturated carbocycles. The molecule has 102 valence electrons. The number of hydrogen-bond donors (Lipinski definition) is 2. The van der Waals surface area contributed by atoms with Crippen LogP contribution in [-0.2, 0) is 10.0 Å². The Kier molecular flexibility index (Phi) is 3.52. The summed E-state index contributed by atoms with van der Waals surface area (Å²) in [4.78, 5) is 0.208. The monoisotopic (exact) mass is 278 g/mol. The van der Waals surface area contributed by atoms with Crippen molar-refractivity contribution in [3.63, 3.8) is 0 Å². The topological polar surface area (TPSA) is 86.2 Å². The van der Waals surface area contributed by atoms with Crippen molar-refractivity contribution >= 4 is 26.5 Å². The molecule has 5 heteroatoms. The molecule has 1 atom stereocenters. The minimum atomic E-state index is -3.72. The summed E-state index contributed by atoms with van der Waals surface area (Å²) in [7, 11) is -3.72. The van der Waals surface area contributed by atoms with Crippen LogP contribution in [0.5, 0.6) is 0 Å². The van der Waals surface area contributed by atoms with Crippen LogP contribution in [0.15, 0.2) is 35.2 Å². The largest absolute Gasteiger partial charge is 0.399 e. The molecule has 0 spiro atoms. The second-order valence-electron chi connectivity index (χ2n) is 4.81. The fourth-order valence-electron chi connectivity index (χ4n) is 2.31. The maximum atomic E-state index is 11.7. The normalized spacial score (nSPS) is 13.6. The Bertz CT molecular complexity index is 724. The number of nitrogens with two attached hydrogens (primary N) is 2. The van der Waals surface area contributed by atoms with E-state index in [2.05, 4.69) is 0 Å². The fraction of sp³-hybridized carbons (Fsp3) is 0.286. The summed E-state index contributed by atoms with van der Waals surface area (Å²) in [6.07, 6.45) is 0.839. The van der Waals surface area contributed by atoms with Crippen LogP contribution in [0.4, 0.5) is 5.69 Å². The Morgan fingerprint density at radius 2 is 1.89 bits per heavy atom. The van der Waals surface area contributed by atoms with Crippen molar-refractivity contribution in [1.29, 1.82) is 0 Å². The van der Waals surface area contributed by atoms with Crippen molar-refractivity contribution in [2.24, 2.45) is 5.14 Å². The van der Waals surface area contributed by atoms with E-state index in [1.807, 2.05) is 26.0 Å². The molecule has 0 heterocycles. The number of anilines is 1. The molecule has 0 fully saturated rings. The highest BCUT2D eigenvalue weighted by Gasteiger charge is 2.20. The number of fused-ring (bicyclic) bond motifs is 1. The summed E-state index contributed by atoms with van der Waals surface area (Å²) >= 11 is 0. The van der Waals surface area contributed by atoms with Gasteiger partial charge in [0, 0.05) is 5.69 Å². The fourth-order valence-corrected chi connectivity index (χ4v) is 3.19. The minimum absolute atomic E-state index is 0.112. The lowest BCUT2D eigenvalue weighted by Gasteiger charge is -2.17. The van der Waals surface area contributed by atoms with Crippen molar-refractivity contribution in [2.75, 3.05) is 5.73 Å². The Morgan fingerprint density at radius 3 is 2.47 bits per heavy atom. The molecule has 2 aromatic rings. The van der Waals surface area contributed by atoms with Crippen LogP contribution in [-0.4, -0.2) is 8.42 Å². The highest BCUT2D eigenvalue weighted by Crippen LogP contribution is 2.33. The molecular weight excluding hydrogens is 260 g/mol. The Morgan fingerprint density at radius 1 is 1.21 bits per heavy atom. The van der Waals surface area contributed by atoms with Gasteiger partial charge in [0.05, 0.1) is 4.90 Å². The molecule has 19 heavy (non-hydrogen) atoms. The van der Waals surface area contributed by atoms with Crippen molar-refractivity contribution < 1.29 is 8.42 Å². The van der Waals surface area contributed by atoms with E-state index in [-0.39, 0.29) is 10.8 Å². The van der Waals surface area contributed by atoms with E-state index in [1.165, 1.54) is 0 Å². The molecule has 0 saturated heterocycles. The standard InChI is InChI=1S/C14H18N2O2S/c1-3-9(2)14-12-6-5-11(15)8-10(12)4-7-13(14)19(16,17)18/h4-9H,3,15H2,1-2H3,(H2,16,17,18). The molecule has 0 bridgehead atoms. The quantitative estimate of drug-likeness (QED) is 0.846. The van der Waals surface area contributed by atoms with Crippen LogP contribution in [0.2, 0.25) is 0 Å². The SMILES string of the molecule is CCC(C)c1c(S(N)(=O)=O)ccc2cc(N)ccc12. The highest BCUT2D eigenvalue weighted by molar-refractivity contribution is 7.89. The summed E-state index contributed by atoms with van der Waals surface area (Å²) in [5.74, 6) is 0.112. The van der Waals surface area contributed by atoms with Crippen molar-refractivity contribution in [2.45, 2.75) is 31.1 Å². The van der Waals surface area contributed by atoms with E-state index in [0.717, 1.165) is 22.8 Å². The summed E-state index contributed by atoms with van der Waals surface area (Å²) < 4.78 is 23.5. The predicted octanol–water partition coefficient (Wildman–Crippen LogP) is 2.58. The first-order chi connectivity index (χ1) is 8.84. The van der Waals surface area contributed by atoms with Gasteiger partial charge in [0.15, 0.2) is 0 Å². The van der Waals surface area contributed by atoms with Crippen LogP contribution in [0.25, 0.3) is 10.8 Å². The van der Waals surface area contributed by atoms with Crippen LogP contribution in [0.3, 0.4) is 0 Å². The van der Waals surface area contributed by atoms with Crippen LogP contribution >= 0.6 is 0 Å². The average molecular weight is 278 g/mol. The molecule has 4 N–H and O–H groups in total. The lowest BCUT2D eigenvalue weighted by molar-refractivity contribution is 0.594. The van der Waals surface area contributed by atoms with Crippen LogP contribution in [0, 0.1) is 0 Å². The molecule has 0 aliphatic heterocycles. The van der Waals surface area contributed by atoms with Gasteiger partial charge in [-0.1, -0.05) is 26.0 Å². The van der Waals surface area contributed by atoms with Crippen LogP contribution in [0.1, 0.15) is 31.7 Å². The number of nitrogen functional groups attached to an aromatic ring is 1. The first-order valence-electron chi connectivity index (χ1n) is 6.19. The number of benzene rings is 2. The van der Waals surface area contributed by atoms with E-state index >= 15 is 0 Å². The van der Waals surface area contributed by atoms with Gasteiger partial charge in [0.2, 0.25) is 10.0 Å². The van der Waals surface area contributed by atoms with Crippen LogP contribution < -0.4 is 10.9 Å². The summed E-state index contributed by atoms with van der Waals surface area (Å²) in [6, 6.07) is 8.80. The molecule has 0 amide bonds. The number of primary sulfonamides is 1. The van der Waals surface area contributed by atoms with Gasteiger partial charge in [0.1, 0.15) is 0 Å². The molecule has 4 nitrogen and oxygen atoms in total. The number of hydrogen-bond acceptors (Lipinski definition) is 3. The lowest BCUT2D eigenvalue weighted by Crippen LogP contribution is -2.15. The van der Waals surface area contributed by atoms with Gasteiger partial charge in [-0.15, -0.1) is 0 Å². The summed E-state index contributed by atoms with van der Waals surface area (Å²) in [5, 5.41) is 7.15. The van der Waals surface area contributed by atoms with Crippen molar-refractivity contribution in [3.05, 3.63) is 35.9 Å². The zero-order valence-corrected chi connectivity index (χ0v) is 11.9. The molecule has 0 aliphatic carbocycles. The third kappa shape index (κ3) is 2.57. The van der Waals surface area contributed by atoms with Crippen molar-refractivity contribution in [1.82, 2.24) is 0 Å². The van der Waals surface area contributed by atoms with Gasteiger partial charge in [-0.05, 0) is 46.9 Å². The predicted molar refractivity (Wildman–Crippen MR) is 78.4 cm³/mol. The first kappa shape index (κ1) is 13.8. The Labute approximate surface area is 113 Å². The number of sulfonamides is 1. The van der Waals surface area contributed by atoms with E-state index in [9.17, 15) is 8.42 Å². The zero-order chi connectivity index (χ0) is 14.2. The van der Waals surface area contributed by atoms with Gasteiger partial charge in [-0.25, -0.2) is 13.6 Å². The third-order valence-electron chi connectivity index (χ3n) is 3.46. The molecule has 0 aromatic heterocycles. The van der Waals surface area contributed by atoms with Gasteiger partial charge in [-0.2, -0.15) is 0 Å². The maximum Gasteiger partial charge on any atom is 0.238 e. The molecule has 1 unspecified atom stereocenters. The van der Waals surface area contributed by atoms with E-state index in [4.69, 9.17) is 10.9 Å². The van der Waals surface area contributed by atoms with Gasteiger partial charge >= 0.3 is 0 Å². The lowest BCUT2D eigenvalue weighted by atomic mass is 9.93. The average Bonchev–Trinajstić information content (AvgIpc) is 2.34. The molecule has 2 rings (SSSR count). The van der Waals surface area contributed by atoms with Gasteiger partial charge < -0.3 is 5.73 Å². The van der Waals surface area contributed by atoms with Gasteiger partial charge in [0.25, 0.3) is 0 Å². The Hall–Kier alpha value is -1.59. The molecule has 0 radical (unpaired) electrons. The smallest absolute Gasteiger partial charge is 0.238 e. The number of rotatable bonds is 3. The van der Waals surface area contributed by atoms with E-state index in [0.29, 0.717) is 5.69 Å². The molecule has 2 aromatic carbocycles. The van der Waals surface area contributed by atoms with Crippen molar-refractivity contribution in [3.8, 4) is 0 Å². The highest BCUT2D eigenvalue weighted by atomic mass is 32.2.